The first-order valence-electron chi connectivity index (χ1n) is 10.4. The molecule has 0 saturated carbocycles. The van der Waals surface area contributed by atoms with Crippen molar-refractivity contribution in [3.05, 3.63) is 66.7 Å². The van der Waals surface area contributed by atoms with Gasteiger partial charge in [0.2, 0.25) is 15.9 Å². The van der Waals surface area contributed by atoms with Gasteiger partial charge in [0, 0.05) is 0 Å². The summed E-state index contributed by atoms with van der Waals surface area (Å²) in [6.07, 6.45) is 1.41. The Morgan fingerprint density at radius 3 is 2.28 bits per heavy atom. The molecule has 0 unspecified atom stereocenters. The second-order valence-corrected chi connectivity index (χ2v) is 9.19. The molecule has 0 bridgehead atoms. The quantitative estimate of drug-likeness (QED) is 0.471. The van der Waals surface area contributed by atoms with Gasteiger partial charge in [-0.05, 0) is 53.6 Å². The van der Waals surface area contributed by atoms with Crippen LogP contribution in [-0.4, -0.2) is 46.9 Å². The molecule has 3 aromatic rings. The van der Waals surface area contributed by atoms with Gasteiger partial charge in [-0.2, -0.15) is 0 Å². The number of nitrogens with zero attached hydrogens (tertiary/aromatic N) is 1. The highest BCUT2D eigenvalue weighted by Gasteiger charge is 2.31. The second kappa shape index (κ2) is 10.4. The third-order valence-electron chi connectivity index (χ3n) is 5.05. The Kier molecular flexibility index (Phi) is 7.58. The number of carbonyl (C=O) groups excluding carboxylic acids is 1. The zero-order valence-electron chi connectivity index (χ0n) is 18.4. The molecule has 32 heavy (non-hydrogen) atoms. The van der Waals surface area contributed by atoms with Crippen molar-refractivity contribution in [2.75, 3.05) is 30.8 Å². The number of rotatable bonds is 10. The average Bonchev–Trinajstić information content (AvgIpc) is 2.79. The maximum Gasteiger partial charge on any atom is 0.244 e. The van der Waals surface area contributed by atoms with Crippen LogP contribution in [0, 0.1) is 0 Å². The molecule has 0 spiro atoms. The van der Waals surface area contributed by atoms with Crippen LogP contribution in [0.4, 0.5) is 5.69 Å². The minimum Gasteiger partial charge on any atom is -0.497 e. The van der Waals surface area contributed by atoms with Crippen molar-refractivity contribution < 1.29 is 22.7 Å². The zero-order chi connectivity index (χ0) is 23.1. The molecule has 3 aromatic carbocycles. The van der Waals surface area contributed by atoms with Crippen LogP contribution >= 0.6 is 0 Å². The summed E-state index contributed by atoms with van der Waals surface area (Å²) in [7, 11) is -2.15. The highest BCUT2D eigenvalue weighted by Crippen LogP contribution is 2.25. The molecule has 8 heteroatoms. The van der Waals surface area contributed by atoms with Crippen LogP contribution in [0.3, 0.4) is 0 Å². The number of ether oxygens (including phenoxy) is 2. The Labute approximate surface area is 189 Å². The third-order valence-corrected chi connectivity index (χ3v) is 6.23. The van der Waals surface area contributed by atoms with E-state index in [9.17, 15) is 13.2 Å². The van der Waals surface area contributed by atoms with Crippen molar-refractivity contribution in [1.29, 1.82) is 0 Å². The molecular formula is C24H28N2O5S. The number of hydrogen-bond acceptors (Lipinski definition) is 5. The molecule has 0 aliphatic heterocycles. The number of amides is 1. The molecule has 0 saturated heterocycles. The third kappa shape index (κ3) is 5.70. The van der Waals surface area contributed by atoms with Crippen LogP contribution < -0.4 is 19.1 Å². The minimum absolute atomic E-state index is 0.252. The van der Waals surface area contributed by atoms with E-state index in [1.165, 1.54) is 7.11 Å². The standard InChI is InChI=1S/C24H28N2O5S/c1-4-23(26(32(3,28)29)20-10-13-21(30-2)14-11-20)24(27)25-15-16-31-22-12-9-18-7-5-6-8-19(18)17-22/h5-14,17,23H,4,15-16H2,1-3H3,(H,25,27)/t23-/m0/s1. The number of anilines is 1. The van der Waals surface area contributed by atoms with E-state index in [4.69, 9.17) is 9.47 Å². The maximum atomic E-state index is 12.8. The second-order valence-electron chi connectivity index (χ2n) is 7.33. The lowest BCUT2D eigenvalue weighted by molar-refractivity contribution is -0.122. The Morgan fingerprint density at radius 2 is 1.66 bits per heavy atom. The molecule has 0 radical (unpaired) electrons. The van der Waals surface area contributed by atoms with Gasteiger partial charge < -0.3 is 14.8 Å². The zero-order valence-corrected chi connectivity index (χ0v) is 19.3. The van der Waals surface area contributed by atoms with E-state index in [0.717, 1.165) is 21.3 Å². The van der Waals surface area contributed by atoms with Crippen molar-refractivity contribution in [2.24, 2.45) is 0 Å². The van der Waals surface area contributed by atoms with Crippen LogP contribution in [-0.2, 0) is 14.8 Å². The predicted molar refractivity (Wildman–Crippen MR) is 127 cm³/mol. The number of hydrogen-bond donors (Lipinski definition) is 1. The number of benzene rings is 3. The summed E-state index contributed by atoms with van der Waals surface area (Å²) < 4.78 is 37.0. The van der Waals surface area contributed by atoms with Crippen molar-refractivity contribution in [1.82, 2.24) is 5.32 Å². The topological polar surface area (TPSA) is 84.9 Å². The van der Waals surface area contributed by atoms with Crippen LogP contribution in [0.15, 0.2) is 66.7 Å². The number of methoxy groups -OCH3 is 1. The molecule has 1 atom stereocenters. The maximum absolute atomic E-state index is 12.8. The van der Waals surface area contributed by atoms with Gasteiger partial charge in [0.1, 0.15) is 24.1 Å². The van der Waals surface area contributed by atoms with Crippen molar-refractivity contribution in [3.63, 3.8) is 0 Å². The summed E-state index contributed by atoms with van der Waals surface area (Å²) in [6.45, 7) is 2.29. The fourth-order valence-electron chi connectivity index (χ4n) is 3.51. The molecular weight excluding hydrogens is 428 g/mol. The highest BCUT2D eigenvalue weighted by molar-refractivity contribution is 7.92. The highest BCUT2D eigenvalue weighted by atomic mass is 32.2. The SMILES string of the molecule is CC[C@@H](C(=O)NCCOc1ccc2ccccc2c1)N(c1ccc(OC)cc1)S(C)(=O)=O. The summed E-state index contributed by atoms with van der Waals surface area (Å²) in [6, 6.07) is 19.5. The van der Waals surface area contributed by atoms with Crippen molar-refractivity contribution in [3.8, 4) is 11.5 Å². The van der Waals surface area contributed by atoms with Crippen LogP contribution in [0.1, 0.15) is 13.3 Å². The largest absolute Gasteiger partial charge is 0.497 e. The molecule has 0 heterocycles. The van der Waals surface area contributed by atoms with Gasteiger partial charge in [0.15, 0.2) is 0 Å². The average molecular weight is 457 g/mol. The number of fused-ring (bicyclic) bond motifs is 1. The molecule has 0 fully saturated rings. The van der Waals surface area contributed by atoms with Gasteiger partial charge in [-0.3, -0.25) is 9.10 Å². The van der Waals surface area contributed by atoms with E-state index in [1.807, 2.05) is 42.5 Å². The lowest BCUT2D eigenvalue weighted by atomic mass is 10.1. The van der Waals surface area contributed by atoms with Crippen molar-refractivity contribution >= 4 is 32.4 Å². The van der Waals surface area contributed by atoms with Gasteiger partial charge in [-0.15, -0.1) is 0 Å². The van der Waals surface area contributed by atoms with Gasteiger partial charge in [0.25, 0.3) is 0 Å². The number of nitrogens with one attached hydrogen (secondary N) is 1. The lowest BCUT2D eigenvalue weighted by Crippen LogP contribution is -2.50. The van der Waals surface area contributed by atoms with Gasteiger partial charge in [0.05, 0.1) is 25.6 Å². The first-order valence-corrected chi connectivity index (χ1v) is 12.2. The number of carbonyl (C=O) groups is 1. The molecule has 0 aromatic heterocycles. The fourth-order valence-corrected chi connectivity index (χ4v) is 4.72. The Balaban J connectivity index is 1.63. The monoisotopic (exact) mass is 456 g/mol. The first kappa shape index (κ1) is 23.4. The van der Waals surface area contributed by atoms with Gasteiger partial charge in [-0.1, -0.05) is 37.3 Å². The molecule has 1 N–H and O–H groups in total. The normalized spacial score (nSPS) is 12.2. The molecule has 0 aliphatic carbocycles. The fraction of sp³-hybridized carbons (Fsp3) is 0.292. The number of sulfonamides is 1. The van der Waals surface area contributed by atoms with E-state index in [-0.39, 0.29) is 19.1 Å². The molecule has 3 rings (SSSR count). The summed E-state index contributed by atoms with van der Waals surface area (Å²) in [5.74, 6) is 0.933. The van der Waals surface area contributed by atoms with E-state index in [1.54, 1.807) is 31.2 Å². The summed E-state index contributed by atoms with van der Waals surface area (Å²) >= 11 is 0. The van der Waals surface area contributed by atoms with E-state index >= 15 is 0 Å². The molecule has 0 aliphatic rings. The molecule has 1 amide bonds. The first-order chi connectivity index (χ1) is 15.3. The van der Waals surface area contributed by atoms with Gasteiger partial charge in [-0.25, -0.2) is 8.42 Å². The van der Waals surface area contributed by atoms with E-state index < -0.39 is 16.1 Å². The van der Waals surface area contributed by atoms with Crippen LogP contribution in [0.5, 0.6) is 11.5 Å². The summed E-state index contributed by atoms with van der Waals surface area (Å²) in [4.78, 5) is 12.8. The smallest absolute Gasteiger partial charge is 0.244 e. The molecule has 7 nitrogen and oxygen atoms in total. The lowest BCUT2D eigenvalue weighted by Gasteiger charge is -2.30. The Bertz CT molecular complexity index is 1160. The molecule has 170 valence electrons. The predicted octanol–water partition coefficient (Wildman–Crippen LogP) is 3.59. The summed E-state index contributed by atoms with van der Waals surface area (Å²) in [5, 5.41) is 4.99. The van der Waals surface area contributed by atoms with Gasteiger partial charge >= 0.3 is 0 Å². The Hall–Kier alpha value is -3.26. The summed E-state index contributed by atoms with van der Waals surface area (Å²) in [5.41, 5.74) is 0.405. The van der Waals surface area contributed by atoms with Crippen LogP contribution in [0.25, 0.3) is 10.8 Å². The van der Waals surface area contributed by atoms with E-state index in [2.05, 4.69) is 5.32 Å². The van der Waals surface area contributed by atoms with Crippen LogP contribution in [0.2, 0.25) is 0 Å². The van der Waals surface area contributed by atoms with Crippen molar-refractivity contribution in [2.45, 2.75) is 19.4 Å². The van der Waals surface area contributed by atoms with E-state index in [0.29, 0.717) is 23.6 Å². The minimum atomic E-state index is -3.69. The Morgan fingerprint density at radius 1 is 1.00 bits per heavy atom.